The van der Waals surface area contributed by atoms with Crippen molar-refractivity contribution in [2.75, 3.05) is 19.6 Å². The summed E-state index contributed by atoms with van der Waals surface area (Å²) in [6, 6.07) is 4.95. The van der Waals surface area contributed by atoms with Gasteiger partial charge in [0.2, 0.25) is 10.0 Å². The molecule has 114 valence electrons. The molecule has 0 spiro atoms. The maximum Gasteiger partial charge on any atom is 0.243 e. The summed E-state index contributed by atoms with van der Waals surface area (Å²) in [7, 11) is -3.72. The van der Waals surface area contributed by atoms with Gasteiger partial charge >= 0.3 is 0 Å². The third-order valence-corrected chi connectivity index (χ3v) is 5.94. The molecule has 5 nitrogen and oxygen atoms in total. The molecule has 1 saturated heterocycles. The van der Waals surface area contributed by atoms with Crippen LogP contribution in [0.4, 0.5) is 4.39 Å². The molecule has 1 aliphatic rings. The number of halogens is 1. The van der Waals surface area contributed by atoms with E-state index in [-0.39, 0.29) is 16.4 Å². The van der Waals surface area contributed by atoms with E-state index >= 15 is 0 Å². The van der Waals surface area contributed by atoms with Crippen molar-refractivity contribution in [1.82, 2.24) is 4.31 Å². The van der Waals surface area contributed by atoms with Gasteiger partial charge in [-0.1, -0.05) is 6.92 Å². The van der Waals surface area contributed by atoms with Gasteiger partial charge in [0.25, 0.3) is 0 Å². The zero-order valence-corrected chi connectivity index (χ0v) is 12.6. The van der Waals surface area contributed by atoms with Crippen LogP contribution in [0.2, 0.25) is 0 Å². The molecule has 0 amide bonds. The third-order valence-electron chi connectivity index (χ3n) is 4.08. The number of piperidine rings is 1. The van der Waals surface area contributed by atoms with E-state index in [2.05, 4.69) is 6.92 Å². The Labute approximate surface area is 124 Å². The normalized spacial score (nSPS) is 23.7. The summed E-state index contributed by atoms with van der Waals surface area (Å²) in [6.45, 7) is 3.27. The van der Waals surface area contributed by atoms with Crippen molar-refractivity contribution in [1.29, 1.82) is 5.26 Å². The van der Waals surface area contributed by atoms with Crippen LogP contribution in [0.15, 0.2) is 23.1 Å². The first-order chi connectivity index (χ1) is 9.90. The van der Waals surface area contributed by atoms with Gasteiger partial charge < -0.3 is 5.73 Å². The Morgan fingerprint density at radius 1 is 1.52 bits per heavy atom. The number of rotatable bonds is 3. The molecule has 2 rings (SSSR count). The summed E-state index contributed by atoms with van der Waals surface area (Å²) in [6.07, 6.45) is 0.743. The van der Waals surface area contributed by atoms with Gasteiger partial charge in [0.1, 0.15) is 11.9 Å². The first kappa shape index (κ1) is 15.9. The summed E-state index contributed by atoms with van der Waals surface area (Å²) >= 11 is 0. The summed E-state index contributed by atoms with van der Waals surface area (Å²) in [5, 5.41) is 8.82. The van der Waals surface area contributed by atoms with Gasteiger partial charge in [0, 0.05) is 13.1 Å². The second kappa shape index (κ2) is 6.10. The fourth-order valence-electron chi connectivity index (χ4n) is 2.54. The molecule has 0 aliphatic carbocycles. The van der Waals surface area contributed by atoms with Crippen molar-refractivity contribution in [3.63, 3.8) is 0 Å². The lowest BCUT2D eigenvalue weighted by Gasteiger charge is -2.35. The average Bonchev–Trinajstić information content (AvgIpc) is 2.47. The van der Waals surface area contributed by atoms with E-state index in [1.165, 1.54) is 10.4 Å². The Balaban J connectivity index is 2.32. The molecule has 1 aliphatic heterocycles. The predicted molar refractivity (Wildman–Crippen MR) is 76.2 cm³/mol. The minimum absolute atomic E-state index is 0.0502. The zero-order chi connectivity index (χ0) is 15.6. The number of hydrogen-bond acceptors (Lipinski definition) is 4. The molecule has 0 saturated carbocycles. The lowest BCUT2D eigenvalue weighted by molar-refractivity contribution is 0.203. The average molecular weight is 311 g/mol. The van der Waals surface area contributed by atoms with Crippen LogP contribution in [0, 0.1) is 29.0 Å². The molecule has 0 bridgehead atoms. The Hall–Kier alpha value is -1.49. The standard InChI is InChI=1S/C14H18FN3O2S/c1-10-4-5-18(9-12(10)8-17)21(19,20)13-2-3-14(15)11(6-13)7-16/h2-3,6,10,12H,4-5,8-9,17H2,1H3. The van der Waals surface area contributed by atoms with E-state index < -0.39 is 15.8 Å². The zero-order valence-electron chi connectivity index (χ0n) is 11.8. The third kappa shape index (κ3) is 3.07. The SMILES string of the molecule is CC1CCN(S(=O)(=O)c2ccc(F)c(C#N)c2)CC1CN. The molecule has 2 atom stereocenters. The summed E-state index contributed by atoms with van der Waals surface area (Å²) in [5.74, 6) is -0.225. The molecule has 0 radical (unpaired) electrons. The van der Waals surface area contributed by atoms with Crippen LogP contribution < -0.4 is 5.73 Å². The summed E-state index contributed by atoms with van der Waals surface area (Å²) < 4.78 is 39.9. The van der Waals surface area contributed by atoms with E-state index in [9.17, 15) is 12.8 Å². The van der Waals surface area contributed by atoms with Gasteiger partial charge in [0.05, 0.1) is 10.5 Å². The molecule has 1 fully saturated rings. The topological polar surface area (TPSA) is 87.2 Å². The number of hydrogen-bond donors (Lipinski definition) is 1. The number of nitrogens with zero attached hydrogens (tertiary/aromatic N) is 2. The number of benzene rings is 1. The molecule has 1 aromatic carbocycles. The second-order valence-electron chi connectivity index (χ2n) is 5.38. The van der Waals surface area contributed by atoms with Crippen LogP contribution in [0.5, 0.6) is 0 Å². The number of nitriles is 1. The van der Waals surface area contributed by atoms with Crippen molar-refractivity contribution in [2.24, 2.45) is 17.6 Å². The Morgan fingerprint density at radius 2 is 2.24 bits per heavy atom. The van der Waals surface area contributed by atoms with E-state index in [0.29, 0.717) is 25.6 Å². The van der Waals surface area contributed by atoms with Crippen LogP contribution in [0.3, 0.4) is 0 Å². The predicted octanol–water partition coefficient (Wildman–Crippen LogP) is 1.30. The first-order valence-electron chi connectivity index (χ1n) is 6.80. The summed E-state index contributed by atoms with van der Waals surface area (Å²) in [4.78, 5) is -0.0502. The lowest BCUT2D eigenvalue weighted by Crippen LogP contribution is -2.45. The molecule has 21 heavy (non-hydrogen) atoms. The molecule has 7 heteroatoms. The Bertz CT molecular complexity index is 669. The molecule has 1 heterocycles. The largest absolute Gasteiger partial charge is 0.330 e. The van der Waals surface area contributed by atoms with Crippen molar-refractivity contribution in [2.45, 2.75) is 18.2 Å². The lowest BCUT2D eigenvalue weighted by atomic mass is 9.88. The van der Waals surface area contributed by atoms with Gasteiger partial charge in [-0.3, -0.25) is 0 Å². The van der Waals surface area contributed by atoms with Crippen LogP contribution in [-0.4, -0.2) is 32.4 Å². The maximum atomic E-state index is 13.3. The number of sulfonamides is 1. The van der Waals surface area contributed by atoms with Gasteiger partial charge in [-0.25, -0.2) is 12.8 Å². The van der Waals surface area contributed by atoms with Gasteiger partial charge in [0.15, 0.2) is 0 Å². The van der Waals surface area contributed by atoms with Gasteiger partial charge in [-0.15, -0.1) is 0 Å². The second-order valence-corrected chi connectivity index (χ2v) is 7.32. The molecule has 2 N–H and O–H groups in total. The monoisotopic (exact) mass is 311 g/mol. The van der Waals surface area contributed by atoms with Crippen molar-refractivity contribution >= 4 is 10.0 Å². The minimum Gasteiger partial charge on any atom is -0.330 e. The highest BCUT2D eigenvalue weighted by molar-refractivity contribution is 7.89. The van der Waals surface area contributed by atoms with Gasteiger partial charge in [-0.05, 0) is 43.0 Å². The van der Waals surface area contributed by atoms with Crippen LogP contribution in [0.1, 0.15) is 18.9 Å². The van der Waals surface area contributed by atoms with Crippen molar-refractivity contribution < 1.29 is 12.8 Å². The summed E-state index contributed by atoms with van der Waals surface area (Å²) in [5.41, 5.74) is 5.42. The Morgan fingerprint density at radius 3 is 2.86 bits per heavy atom. The molecule has 2 unspecified atom stereocenters. The molecule has 1 aromatic rings. The fourth-order valence-corrected chi connectivity index (χ4v) is 4.08. The number of nitrogens with two attached hydrogens (primary N) is 1. The van der Waals surface area contributed by atoms with E-state index in [0.717, 1.165) is 18.6 Å². The van der Waals surface area contributed by atoms with Gasteiger partial charge in [-0.2, -0.15) is 9.57 Å². The quantitative estimate of drug-likeness (QED) is 0.911. The minimum atomic E-state index is -3.72. The Kier molecular flexibility index (Phi) is 4.61. The highest BCUT2D eigenvalue weighted by Gasteiger charge is 2.33. The van der Waals surface area contributed by atoms with Crippen molar-refractivity contribution in [3.8, 4) is 6.07 Å². The molecular weight excluding hydrogens is 293 g/mol. The van der Waals surface area contributed by atoms with Crippen LogP contribution in [-0.2, 0) is 10.0 Å². The maximum absolute atomic E-state index is 13.3. The van der Waals surface area contributed by atoms with E-state index in [4.69, 9.17) is 11.0 Å². The highest BCUT2D eigenvalue weighted by Crippen LogP contribution is 2.27. The molecule has 0 aromatic heterocycles. The van der Waals surface area contributed by atoms with Crippen LogP contribution in [0.25, 0.3) is 0 Å². The first-order valence-corrected chi connectivity index (χ1v) is 8.24. The fraction of sp³-hybridized carbons (Fsp3) is 0.500. The molecular formula is C14H18FN3O2S. The smallest absolute Gasteiger partial charge is 0.243 e. The van der Waals surface area contributed by atoms with E-state index in [1.807, 2.05) is 0 Å². The highest BCUT2D eigenvalue weighted by atomic mass is 32.2. The van der Waals surface area contributed by atoms with Crippen molar-refractivity contribution in [3.05, 3.63) is 29.6 Å². The van der Waals surface area contributed by atoms with Crippen LogP contribution >= 0.6 is 0 Å². The van der Waals surface area contributed by atoms with E-state index in [1.54, 1.807) is 6.07 Å².